The lowest BCUT2D eigenvalue weighted by Crippen LogP contribution is -2.36. The van der Waals surface area contributed by atoms with Crippen LogP contribution >= 0.6 is 11.6 Å². The second kappa shape index (κ2) is 5.39. The lowest BCUT2D eigenvalue weighted by Gasteiger charge is -2.33. The number of carbonyl (C=O) groups is 1. The molecule has 3 atom stereocenters. The van der Waals surface area contributed by atoms with Gasteiger partial charge in [0.1, 0.15) is 5.60 Å². The lowest BCUT2D eigenvalue weighted by molar-refractivity contribution is -0.163. The summed E-state index contributed by atoms with van der Waals surface area (Å²) in [6.07, 6.45) is 3.76. The number of hydrogen-bond acceptors (Lipinski definition) is 2. The molecule has 0 aromatic heterocycles. The summed E-state index contributed by atoms with van der Waals surface area (Å²) in [6, 6.07) is 0. The van der Waals surface area contributed by atoms with Crippen molar-refractivity contribution < 1.29 is 9.53 Å². The standard InChI is InChI=1S/C13H23ClO2/c1-5-9-8-10(14)6-7-11(9)12(15)16-13(2,3)4/h9-11H,5-8H2,1-4H3. The van der Waals surface area contributed by atoms with Crippen LogP contribution in [0.1, 0.15) is 53.4 Å². The minimum atomic E-state index is -0.382. The highest BCUT2D eigenvalue weighted by Crippen LogP contribution is 2.36. The summed E-state index contributed by atoms with van der Waals surface area (Å²) in [7, 11) is 0. The van der Waals surface area contributed by atoms with Crippen molar-refractivity contribution in [2.75, 3.05) is 0 Å². The van der Waals surface area contributed by atoms with Gasteiger partial charge in [-0.1, -0.05) is 13.3 Å². The molecule has 1 saturated carbocycles. The van der Waals surface area contributed by atoms with Crippen LogP contribution < -0.4 is 0 Å². The number of halogens is 1. The van der Waals surface area contributed by atoms with E-state index in [1.807, 2.05) is 20.8 Å². The normalized spacial score (nSPS) is 31.2. The van der Waals surface area contributed by atoms with Crippen molar-refractivity contribution in [3.05, 3.63) is 0 Å². The maximum absolute atomic E-state index is 12.0. The fourth-order valence-corrected chi connectivity index (χ4v) is 2.70. The lowest BCUT2D eigenvalue weighted by atomic mass is 9.77. The van der Waals surface area contributed by atoms with Crippen LogP contribution in [0.4, 0.5) is 0 Å². The molecule has 0 bridgehead atoms. The highest BCUT2D eigenvalue weighted by Gasteiger charge is 2.35. The van der Waals surface area contributed by atoms with Crippen LogP contribution in [0.25, 0.3) is 0 Å². The zero-order valence-electron chi connectivity index (χ0n) is 10.8. The maximum atomic E-state index is 12.0. The van der Waals surface area contributed by atoms with E-state index in [9.17, 15) is 4.79 Å². The van der Waals surface area contributed by atoms with Crippen LogP contribution in [-0.4, -0.2) is 16.9 Å². The van der Waals surface area contributed by atoms with Crippen LogP contribution in [0.5, 0.6) is 0 Å². The number of esters is 1. The third kappa shape index (κ3) is 3.97. The van der Waals surface area contributed by atoms with Crippen molar-refractivity contribution >= 4 is 17.6 Å². The molecule has 94 valence electrons. The Balaban J connectivity index is 2.60. The predicted octanol–water partition coefficient (Wildman–Crippen LogP) is 3.76. The van der Waals surface area contributed by atoms with Gasteiger partial charge in [-0.15, -0.1) is 11.6 Å². The Kier molecular flexibility index (Phi) is 4.66. The third-order valence-electron chi connectivity index (χ3n) is 3.15. The van der Waals surface area contributed by atoms with Gasteiger partial charge in [0.15, 0.2) is 0 Å². The van der Waals surface area contributed by atoms with Gasteiger partial charge >= 0.3 is 5.97 Å². The first-order valence-corrected chi connectivity index (χ1v) is 6.64. The number of ether oxygens (including phenoxy) is 1. The van der Waals surface area contributed by atoms with E-state index < -0.39 is 0 Å². The fraction of sp³-hybridized carbons (Fsp3) is 0.923. The van der Waals surface area contributed by atoms with Gasteiger partial charge in [-0.2, -0.15) is 0 Å². The van der Waals surface area contributed by atoms with Gasteiger partial charge in [0.05, 0.1) is 5.92 Å². The molecule has 0 aliphatic heterocycles. The van der Waals surface area contributed by atoms with E-state index in [2.05, 4.69) is 6.92 Å². The molecular formula is C13H23ClO2. The van der Waals surface area contributed by atoms with E-state index >= 15 is 0 Å². The molecule has 0 aromatic carbocycles. The van der Waals surface area contributed by atoms with Gasteiger partial charge in [-0.25, -0.2) is 0 Å². The van der Waals surface area contributed by atoms with E-state index in [-0.39, 0.29) is 22.9 Å². The topological polar surface area (TPSA) is 26.3 Å². The van der Waals surface area contributed by atoms with E-state index in [0.29, 0.717) is 5.92 Å². The number of rotatable bonds is 2. The van der Waals surface area contributed by atoms with Crippen molar-refractivity contribution in [1.82, 2.24) is 0 Å². The Morgan fingerprint density at radius 3 is 2.50 bits per heavy atom. The van der Waals surface area contributed by atoms with Gasteiger partial charge < -0.3 is 4.74 Å². The Hall–Kier alpha value is -0.240. The zero-order chi connectivity index (χ0) is 12.3. The van der Waals surface area contributed by atoms with Gasteiger partial charge in [-0.05, 0) is 46.0 Å². The second-order valence-electron chi connectivity index (χ2n) is 5.72. The van der Waals surface area contributed by atoms with Crippen LogP contribution in [0.2, 0.25) is 0 Å². The molecule has 0 heterocycles. The average Bonchev–Trinajstić information content (AvgIpc) is 2.14. The van der Waals surface area contributed by atoms with E-state index in [1.165, 1.54) is 0 Å². The molecule has 1 aliphatic rings. The molecule has 0 saturated heterocycles. The molecule has 1 rings (SSSR count). The molecule has 0 amide bonds. The van der Waals surface area contributed by atoms with Crippen molar-refractivity contribution in [3.63, 3.8) is 0 Å². The van der Waals surface area contributed by atoms with Crippen LogP contribution in [0.15, 0.2) is 0 Å². The summed E-state index contributed by atoms with van der Waals surface area (Å²) in [4.78, 5) is 12.0. The minimum Gasteiger partial charge on any atom is -0.460 e. The zero-order valence-corrected chi connectivity index (χ0v) is 11.5. The van der Waals surface area contributed by atoms with Crippen molar-refractivity contribution in [2.24, 2.45) is 11.8 Å². The summed E-state index contributed by atoms with van der Waals surface area (Å²) in [5.74, 6) is 0.410. The monoisotopic (exact) mass is 246 g/mol. The average molecular weight is 247 g/mol. The second-order valence-corrected chi connectivity index (χ2v) is 6.34. The Morgan fingerprint density at radius 2 is 2.00 bits per heavy atom. The SMILES string of the molecule is CCC1CC(Cl)CCC1C(=O)OC(C)(C)C. The van der Waals surface area contributed by atoms with Crippen molar-refractivity contribution in [1.29, 1.82) is 0 Å². The number of carbonyl (C=O) groups excluding carboxylic acids is 1. The Labute approximate surface area is 104 Å². The summed E-state index contributed by atoms with van der Waals surface area (Å²) in [5.41, 5.74) is -0.382. The molecule has 1 fully saturated rings. The summed E-state index contributed by atoms with van der Waals surface area (Å²) >= 11 is 6.14. The molecular weight excluding hydrogens is 224 g/mol. The molecule has 3 unspecified atom stereocenters. The van der Waals surface area contributed by atoms with Crippen molar-refractivity contribution in [3.8, 4) is 0 Å². The van der Waals surface area contributed by atoms with Gasteiger partial charge in [0.25, 0.3) is 0 Å². The smallest absolute Gasteiger partial charge is 0.309 e. The first-order chi connectivity index (χ1) is 7.33. The fourth-order valence-electron chi connectivity index (χ4n) is 2.35. The predicted molar refractivity (Wildman–Crippen MR) is 66.6 cm³/mol. The van der Waals surface area contributed by atoms with Crippen LogP contribution in [-0.2, 0) is 9.53 Å². The molecule has 1 aliphatic carbocycles. The third-order valence-corrected chi connectivity index (χ3v) is 3.55. The van der Waals surface area contributed by atoms with Crippen LogP contribution in [0, 0.1) is 11.8 Å². The molecule has 0 radical (unpaired) electrons. The molecule has 0 spiro atoms. The summed E-state index contributed by atoms with van der Waals surface area (Å²) in [5, 5.41) is 0.239. The molecule has 0 N–H and O–H groups in total. The number of alkyl halides is 1. The van der Waals surface area contributed by atoms with Crippen molar-refractivity contribution in [2.45, 2.75) is 64.4 Å². The van der Waals surface area contributed by atoms with E-state index in [1.54, 1.807) is 0 Å². The highest BCUT2D eigenvalue weighted by atomic mass is 35.5. The largest absolute Gasteiger partial charge is 0.460 e. The number of hydrogen-bond donors (Lipinski definition) is 0. The molecule has 16 heavy (non-hydrogen) atoms. The maximum Gasteiger partial charge on any atom is 0.309 e. The van der Waals surface area contributed by atoms with Gasteiger partial charge in [0.2, 0.25) is 0 Å². The molecule has 3 heteroatoms. The minimum absolute atomic E-state index is 0.0390. The summed E-state index contributed by atoms with van der Waals surface area (Å²) in [6.45, 7) is 7.87. The van der Waals surface area contributed by atoms with Crippen LogP contribution in [0.3, 0.4) is 0 Å². The molecule has 2 nitrogen and oxygen atoms in total. The Morgan fingerprint density at radius 1 is 1.38 bits per heavy atom. The van der Waals surface area contributed by atoms with E-state index in [0.717, 1.165) is 25.7 Å². The van der Waals surface area contributed by atoms with Gasteiger partial charge in [-0.3, -0.25) is 4.79 Å². The highest BCUT2D eigenvalue weighted by molar-refractivity contribution is 6.20. The Bertz CT molecular complexity index is 245. The van der Waals surface area contributed by atoms with E-state index in [4.69, 9.17) is 16.3 Å². The molecule has 0 aromatic rings. The quantitative estimate of drug-likeness (QED) is 0.548. The summed E-state index contributed by atoms with van der Waals surface area (Å²) < 4.78 is 5.46. The first kappa shape index (κ1) is 13.8. The van der Waals surface area contributed by atoms with Gasteiger partial charge in [0, 0.05) is 5.38 Å². The first-order valence-electron chi connectivity index (χ1n) is 6.20.